The molecule has 0 saturated carbocycles. The van der Waals surface area contributed by atoms with Crippen molar-refractivity contribution < 1.29 is 4.42 Å². The van der Waals surface area contributed by atoms with Gasteiger partial charge in [0.25, 0.3) is 0 Å². The van der Waals surface area contributed by atoms with Crippen LogP contribution in [0.15, 0.2) is 81.8 Å². The van der Waals surface area contributed by atoms with Crippen LogP contribution in [0, 0.1) is 20.8 Å². The maximum absolute atomic E-state index is 6.49. The van der Waals surface area contributed by atoms with Crippen molar-refractivity contribution in [3.05, 3.63) is 106 Å². The molecule has 4 aromatic rings. The third-order valence-electron chi connectivity index (χ3n) is 5.89. The van der Waals surface area contributed by atoms with Gasteiger partial charge in [0.2, 0.25) is 0 Å². The van der Waals surface area contributed by atoms with Gasteiger partial charge in [0.05, 0.1) is 11.7 Å². The third kappa shape index (κ3) is 4.21. The minimum atomic E-state index is -0.174. The maximum atomic E-state index is 6.49. The predicted molar refractivity (Wildman–Crippen MR) is 140 cm³/mol. The summed E-state index contributed by atoms with van der Waals surface area (Å²) >= 11 is 9.52. The molecule has 1 N–H and O–H groups in total. The number of thiocarbonyl (C=S) groups is 1. The van der Waals surface area contributed by atoms with E-state index in [4.69, 9.17) is 16.6 Å². The summed E-state index contributed by atoms with van der Waals surface area (Å²) in [5.41, 5.74) is 6.56. The Labute approximate surface area is 207 Å². The number of nitrogens with one attached hydrogen (secondary N) is 1. The van der Waals surface area contributed by atoms with Gasteiger partial charge in [-0.1, -0.05) is 34.1 Å². The minimum absolute atomic E-state index is 0.139. The Bertz CT molecular complexity index is 1310. The van der Waals surface area contributed by atoms with E-state index in [2.05, 4.69) is 88.3 Å². The lowest BCUT2D eigenvalue weighted by atomic mass is 10.0. The molecule has 5 rings (SSSR count). The molecule has 6 heteroatoms. The second-order valence-corrected chi connectivity index (χ2v) is 9.77. The fourth-order valence-corrected chi connectivity index (χ4v) is 5.52. The largest absolute Gasteiger partial charge is 0.459 e. The average molecular weight is 518 g/mol. The van der Waals surface area contributed by atoms with Gasteiger partial charge in [0.1, 0.15) is 17.6 Å². The van der Waals surface area contributed by atoms with Crippen LogP contribution in [-0.2, 0) is 0 Å². The van der Waals surface area contributed by atoms with E-state index >= 15 is 0 Å². The first-order valence-corrected chi connectivity index (χ1v) is 12.1. The van der Waals surface area contributed by atoms with Gasteiger partial charge in [-0.25, -0.2) is 0 Å². The van der Waals surface area contributed by atoms with E-state index in [1.807, 2.05) is 36.5 Å². The van der Waals surface area contributed by atoms with Crippen molar-refractivity contribution >= 4 is 38.9 Å². The van der Waals surface area contributed by atoms with Crippen LogP contribution in [0.5, 0.6) is 0 Å². The van der Waals surface area contributed by atoms with E-state index in [1.165, 1.54) is 16.7 Å². The molecule has 33 heavy (non-hydrogen) atoms. The topological polar surface area (TPSA) is 41.3 Å². The minimum Gasteiger partial charge on any atom is -0.459 e. The highest BCUT2D eigenvalue weighted by Gasteiger charge is 2.42. The molecule has 0 amide bonds. The van der Waals surface area contributed by atoms with E-state index in [9.17, 15) is 0 Å². The summed E-state index contributed by atoms with van der Waals surface area (Å²) in [6, 6.07) is 22.5. The summed E-state index contributed by atoms with van der Waals surface area (Å²) in [5.74, 6) is 1.65. The van der Waals surface area contributed by atoms with Crippen molar-refractivity contribution in [1.82, 2.24) is 10.3 Å². The quantitative estimate of drug-likeness (QED) is 0.289. The first-order chi connectivity index (χ1) is 15.9. The van der Waals surface area contributed by atoms with Gasteiger partial charge in [-0.2, -0.15) is 0 Å². The summed E-state index contributed by atoms with van der Waals surface area (Å²) in [6.07, 6.45) is 1.81. The Morgan fingerprint density at radius 2 is 1.73 bits per heavy atom. The van der Waals surface area contributed by atoms with Crippen LogP contribution in [0.25, 0.3) is 11.3 Å². The van der Waals surface area contributed by atoms with Gasteiger partial charge in [0.15, 0.2) is 5.11 Å². The SMILES string of the molecule is Cc1cc(C)cc(N2C(=S)NC(c3ccccn3)C2c2ccc(-c3ccc(C)cc3Br)o2)c1. The molecule has 1 aliphatic heterocycles. The third-order valence-corrected chi connectivity index (χ3v) is 6.86. The summed E-state index contributed by atoms with van der Waals surface area (Å²) < 4.78 is 7.50. The Morgan fingerprint density at radius 1 is 0.939 bits per heavy atom. The molecule has 0 radical (unpaired) electrons. The fourth-order valence-electron chi connectivity index (χ4n) is 4.49. The van der Waals surface area contributed by atoms with Gasteiger partial charge in [-0.3, -0.25) is 4.98 Å². The van der Waals surface area contributed by atoms with Crippen LogP contribution in [0.3, 0.4) is 0 Å². The van der Waals surface area contributed by atoms with Crippen LogP contribution in [0.1, 0.15) is 40.2 Å². The molecule has 2 unspecified atom stereocenters. The van der Waals surface area contributed by atoms with Gasteiger partial charge in [0, 0.05) is 21.9 Å². The van der Waals surface area contributed by atoms with Gasteiger partial charge in [-0.05, 0) is 98.2 Å². The van der Waals surface area contributed by atoms with Crippen LogP contribution in [-0.4, -0.2) is 10.1 Å². The van der Waals surface area contributed by atoms with Gasteiger partial charge in [-0.15, -0.1) is 0 Å². The van der Waals surface area contributed by atoms with Crippen molar-refractivity contribution in [2.24, 2.45) is 0 Å². The fraction of sp³-hybridized carbons (Fsp3) is 0.185. The zero-order valence-corrected chi connectivity index (χ0v) is 21.1. The van der Waals surface area contributed by atoms with Crippen LogP contribution < -0.4 is 10.2 Å². The Balaban J connectivity index is 1.62. The number of nitrogens with zero attached hydrogens (tertiary/aromatic N) is 2. The lowest BCUT2D eigenvalue weighted by Gasteiger charge is -2.26. The molecule has 0 bridgehead atoms. The molecule has 0 aliphatic carbocycles. The van der Waals surface area contributed by atoms with Crippen molar-refractivity contribution in [3.63, 3.8) is 0 Å². The number of halogens is 1. The zero-order valence-electron chi connectivity index (χ0n) is 18.7. The summed E-state index contributed by atoms with van der Waals surface area (Å²) in [5, 5.41) is 4.16. The normalized spacial score (nSPS) is 17.9. The number of benzene rings is 2. The highest BCUT2D eigenvalue weighted by atomic mass is 79.9. The van der Waals surface area contributed by atoms with E-state index in [0.717, 1.165) is 32.9 Å². The number of pyridine rings is 1. The number of hydrogen-bond acceptors (Lipinski definition) is 3. The molecule has 1 aliphatic rings. The second-order valence-electron chi connectivity index (χ2n) is 8.53. The summed E-state index contributed by atoms with van der Waals surface area (Å²) in [7, 11) is 0. The molecule has 0 spiro atoms. The molecular weight excluding hydrogens is 494 g/mol. The van der Waals surface area contributed by atoms with E-state index in [0.29, 0.717) is 5.11 Å². The summed E-state index contributed by atoms with van der Waals surface area (Å²) in [4.78, 5) is 6.78. The predicted octanol–water partition coefficient (Wildman–Crippen LogP) is 7.21. The molecule has 1 saturated heterocycles. The molecule has 1 fully saturated rings. The van der Waals surface area contributed by atoms with E-state index in [-0.39, 0.29) is 12.1 Å². The number of rotatable bonds is 4. The number of furan rings is 1. The van der Waals surface area contributed by atoms with E-state index in [1.54, 1.807) is 0 Å². The smallest absolute Gasteiger partial charge is 0.174 e. The zero-order chi connectivity index (χ0) is 23.1. The Hall–Kier alpha value is -2.96. The van der Waals surface area contributed by atoms with E-state index < -0.39 is 0 Å². The monoisotopic (exact) mass is 517 g/mol. The van der Waals surface area contributed by atoms with Crippen molar-refractivity contribution in [2.45, 2.75) is 32.9 Å². The molecule has 4 nitrogen and oxygen atoms in total. The maximum Gasteiger partial charge on any atom is 0.174 e. The molecule has 2 aromatic heterocycles. The average Bonchev–Trinajstić information content (AvgIpc) is 3.38. The number of aryl methyl sites for hydroxylation is 3. The second kappa shape index (κ2) is 8.76. The summed E-state index contributed by atoms with van der Waals surface area (Å²) in [6.45, 7) is 6.29. The first kappa shape index (κ1) is 21.9. The van der Waals surface area contributed by atoms with Gasteiger partial charge < -0.3 is 14.6 Å². The highest BCUT2D eigenvalue weighted by Crippen LogP contribution is 2.43. The molecule has 2 atom stereocenters. The van der Waals surface area contributed by atoms with Crippen LogP contribution >= 0.6 is 28.1 Å². The highest BCUT2D eigenvalue weighted by molar-refractivity contribution is 9.10. The lowest BCUT2D eigenvalue weighted by molar-refractivity contribution is 0.439. The molecule has 166 valence electrons. The molecular formula is C27H24BrN3OS. The number of hydrogen-bond donors (Lipinski definition) is 1. The van der Waals surface area contributed by atoms with Crippen LogP contribution in [0.2, 0.25) is 0 Å². The number of aromatic nitrogens is 1. The van der Waals surface area contributed by atoms with Crippen LogP contribution in [0.4, 0.5) is 5.69 Å². The van der Waals surface area contributed by atoms with Gasteiger partial charge >= 0.3 is 0 Å². The van der Waals surface area contributed by atoms with Crippen molar-refractivity contribution in [2.75, 3.05) is 4.90 Å². The Morgan fingerprint density at radius 3 is 2.42 bits per heavy atom. The Kier molecular flexibility index (Phi) is 5.81. The molecule has 2 aromatic carbocycles. The van der Waals surface area contributed by atoms with Crippen molar-refractivity contribution in [3.8, 4) is 11.3 Å². The van der Waals surface area contributed by atoms with Crippen molar-refractivity contribution in [1.29, 1.82) is 0 Å². The lowest BCUT2D eigenvalue weighted by Crippen LogP contribution is -2.29. The number of anilines is 1. The first-order valence-electron chi connectivity index (χ1n) is 10.9. The molecule has 3 heterocycles. The standard InChI is InChI=1S/C27H24BrN3OS/c1-16-7-8-20(21(28)15-16)23-9-10-24(32-23)26-25(22-6-4-5-11-29-22)30-27(33)31(26)19-13-17(2)12-18(3)14-19/h4-15,25-26H,1-3H3,(H,30,33).